The number of nitrogens with zero attached hydrogens (tertiary/aromatic N) is 5. The summed E-state index contributed by atoms with van der Waals surface area (Å²) in [6.07, 6.45) is 5.19. The Bertz CT molecular complexity index is 1040. The molecule has 0 unspecified atom stereocenters. The van der Waals surface area contributed by atoms with Gasteiger partial charge in [-0.1, -0.05) is 17.3 Å². The lowest BCUT2D eigenvalue weighted by Gasteiger charge is -2.16. The zero-order valence-corrected chi connectivity index (χ0v) is 17.6. The molecule has 1 aromatic carbocycles. The lowest BCUT2D eigenvalue weighted by atomic mass is 10.2. The molecule has 3 aromatic rings. The van der Waals surface area contributed by atoms with E-state index in [0.717, 1.165) is 6.42 Å². The van der Waals surface area contributed by atoms with E-state index >= 15 is 0 Å². The number of aromatic nitrogens is 5. The molecule has 0 N–H and O–H groups in total. The van der Waals surface area contributed by atoms with Gasteiger partial charge in [0, 0.05) is 6.54 Å². The van der Waals surface area contributed by atoms with Crippen molar-refractivity contribution in [2.75, 3.05) is 19.4 Å². The van der Waals surface area contributed by atoms with Crippen LogP contribution in [0.25, 0.3) is 10.9 Å². The van der Waals surface area contributed by atoms with Crippen LogP contribution in [0.3, 0.4) is 0 Å². The average molecular weight is 419 g/mol. The first-order valence-electron chi connectivity index (χ1n) is 9.76. The van der Waals surface area contributed by atoms with Crippen LogP contribution in [0, 0.1) is 0 Å². The first-order chi connectivity index (χ1) is 14.0. The van der Waals surface area contributed by atoms with Gasteiger partial charge in [0.1, 0.15) is 5.69 Å². The van der Waals surface area contributed by atoms with E-state index in [1.54, 1.807) is 24.6 Å². The van der Waals surface area contributed by atoms with E-state index in [2.05, 4.69) is 15.3 Å². The van der Waals surface area contributed by atoms with Gasteiger partial charge in [0.05, 0.1) is 49.3 Å². The van der Waals surface area contributed by atoms with E-state index in [9.17, 15) is 9.36 Å². The molecule has 2 heterocycles. The van der Waals surface area contributed by atoms with Gasteiger partial charge in [0.25, 0.3) is 5.56 Å². The van der Waals surface area contributed by atoms with Crippen LogP contribution in [0.15, 0.2) is 41.6 Å². The summed E-state index contributed by atoms with van der Waals surface area (Å²) in [7, 11) is -3.00. The maximum absolute atomic E-state index is 12.6. The van der Waals surface area contributed by atoms with Gasteiger partial charge in [-0.05, 0) is 38.8 Å². The maximum Gasteiger partial charge on any atom is 0.330 e. The average Bonchev–Trinajstić information content (AvgIpc) is 3.15. The van der Waals surface area contributed by atoms with Crippen molar-refractivity contribution in [3.8, 4) is 0 Å². The molecule has 0 bridgehead atoms. The number of aryl methyl sites for hydroxylation is 1. The third-order valence-electron chi connectivity index (χ3n) is 4.37. The standard InChI is InChI=1S/C19H26N5O4P/c1-3-27-29(26,28-4-2)12-8-7-11-24-14-16(21-22-24)13-23-15-20-18-10-6-5-9-17(18)19(23)25/h5-6,9-10,14-15H,3-4,7-8,11-13H2,1-2H3. The van der Waals surface area contributed by atoms with Crippen molar-refractivity contribution in [2.45, 2.75) is 39.8 Å². The fraction of sp³-hybridized carbons (Fsp3) is 0.474. The lowest BCUT2D eigenvalue weighted by molar-refractivity contribution is 0.219. The summed E-state index contributed by atoms with van der Waals surface area (Å²) in [6.45, 7) is 5.29. The second-order valence-electron chi connectivity index (χ2n) is 6.54. The third kappa shape index (κ3) is 5.59. The summed E-state index contributed by atoms with van der Waals surface area (Å²) < 4.78 is 26.3. The monoisotopic (exact) mass is 419 g/mol. The van der Waals surface area contributed by atoms with E-state index in [0.29, 0.717) is 55.5 Å². The van der Waals surface area contributed by atoms with E-state index in [1.807, 2.05) is 24.4 Å². The minimum absolute atomic E-state index is 0.104. The highest BCUT2D eigenvalue weighted by Crippen LogP contribution is 2.48. The summed E-state index contributed by atoms with van der Waals surface area (Å²) in [5.41, 5.74) is 1.25. The zero-order chi connectivity index (χ0) is 20.7. The van der Waals surface area contributed by atoms with E-state index in [-0.39, 0.29) is 5.56 Å². The summed E-state index contributed by atoms with van der Waals surface area (Å²) in [5, 5.41) is 8.83. The number of fused-ring (bicyclic) bond motifs is 1. The van der Waals surface area contributed by atoms with Crippen molar-refractivity contribution < 1.29 is 13.6 Å². The molecule has 0 amide bonds. The Labute approximate surface area is 169 Å². The highest BCUT2D eigenvalue weighted by Gasteiger charge is 2.22. The van der Waals surface area contributed by atoms with Gasteiger partial charge in [-0.3, -0.25) is 18.6 Å². The molecule has 0 aliphatic carbocycles. The fourth-order valence-electron chi connectivity index (χ4n) is 3.05. The first kappa shape index (κ1) is 21.4. The Balaban J connectivity index is 1.56. The summed E-state index contributed by atoms with van der Waals surface area (Å²) in [4.78, 5) is 16.9. The second-order valence-corrected chi connectivity index (χ2v) is 8.73. The molecule has 0 aliphatic rings. The Hall–Kier alpha value is -2.35. The number of unbranched alkanes of at least 4 members (excludes halogenated alkanes) is 1. The summed E-state index contributed by atoms with van der Waals surface area (Å²) >= 11 is 0. The summed E-state index contributed by atoms with van der Waals surface area (Å²) in [6, 6.07) is 7.25. The number of hydrogen-bond donors (Lipinski definition) is 0. The molecular formula is C19H26N5O4P. The Morgan fingerprint density at radius 3 is 2.62 bits per heavy atom. The minimum Gasteiger partial charge on any atom is -0.309 e. The molecule has 0 fully saturated rings. The molecule has 0 atom stereocenters. The topological polar surface area (TPSA) is 101 Å². The molecule has 156 valence electrons. The predicted octanol–water partition coefficient (Wildman–Crippen LogP) is 3.08. The summed E-state index contributed by atoms with van der Waals surface area (Å²) in [5.74, 6) is 0. The van der Waals surface area contributed by atoms with Gasteiger partial charge < -0.3 is 9.05 Å². The van der Waals surface area contributed by atoms with Crippen LogP contribution in [0.2, 0.25) is 0 Å². The van der Waals surface area contributed by atoms with Gasteiger partial charge in [0.15, 0.2) is 0 Å². The number of hydrogen-bond acceptors (Lipinski definition) is 7. The van der Waals surface area contributed by atoms with Crippen LogP contribution in [0.5, 0.6) is 0 Å². The zero-order valence-electron chi connectivity index (χ0n) is 16.7. The van der Waals surface area contributed by atoms with E-state index in [4.69, 9.17) is 9.05 Å². The number of benzene rings is 1. The Morgan fingerprint density at radius 2 is 1.86 bits per heavy atom. The van der Waals surface area contributed by atoms with Crippen LogP contribution >= 0.6 is 7.60 Å². The highest BCUT2D eigenvalue weighted by molar-refractivity contribution is 7.53. The van der Waals surface area contributed by atoms with Crippen LogP contribution in [0.1, 0.15) is 32.4 Å². The molecule has 9 nitrogen and oxygen atoms in total. The minimum atomic E-state index is -3.00. The molecule has 3 rings (SSSR count). The molecule has 2 aromatic heterocycles. The van der Waals surface area contributed by atoms with E-state index in [1.165, 1.54) is 10.9 Å². The quantitative estimate of drug-likeness (QED) is 0.348. The molecule has 10 heteroatoms. The smallest absolute Gasteiger partial charge is 0.309 e. The van der Waals surface area contributed by atoms with Crippen molar-refractivity contribution in [2.24, 2.45) is 0 Å². The van der Waals surface area contributed by atoms with Gasteiger partial charge in [-0.25, -0.2) is 4.98 Å². The van der Waals surface area contributed by atoms with Crippen LogP contribution in [-0.4, -0.2) is 43.9 Å². The molecule has 0 saturated heterocycles. The van der Waals surface area contributed by atoms with Crippen LogP contribution in [-0.2, 0) is 26.7 Å². The molecule has 0 radical (unpaired) electrons. The van der Waals surface area contributed by atoms with Crippen molar-refractivity contribution in [1.29, 1.82) is 0 Å². The Kier molecular flexibility index (Phi) is 7.30. The lowest BCUT2D eigenvalue weighted by Crippen LogP contribution is -2.21. The molecule has 0 saturated carbocycles. The van der Waals surface area contributed by atoms with Gasteiger partial charge in [-0.2, -0.15) is 0 Å². The number of rotatable bonds is 11. The fourth-order valence-corrected chi connectivity index (χ4v) is 4.78. The Morgan fingerprint density at radius 1 is 1.10 bits per heavy atom. The maximum atomic E-state index is 12.6. The molecular weight excluding hydrogens is 393 g/mol. The largest absolute Gasteiger partial charge is 0.330 e. The van der Waals surface area contributed by atoms with Crippen molar-refractivity contribution in [3.63, 3.8) is 0 Å². The number of para-hydroxylation sites is 1. The SMILES string of the molecule is CCOP(=O)(CCCCn1cc(Cn2cnc3ccccc3c2=O)nn1)OCC. The second kappa shape index (κ2) is 9.91. The third-order valence-corrected chi connectivity index (χ3v) is 6.54. The normalized spacial score (nSPS) is 11.9. The highest BCUT2D eigenvalue weighted by atomic mass is 31.2. The van der Waals surface area contributed by atoms with Crippen LogP contribution in [0.4, 0.5) is 0 Å². The predicted molar refractivity (Wildman–Crippen MR) is 110 cm³/mol. The van der Waals surface area contributed by atoms with Crippen molar-refractivity contribution in [1.82, 2.24) is 24.5 Å². The van der Waals surface area contributed by atoms with Crippen LogP contribution < -0.4 is 5.56 Å². The molecule has 0 spiro atoms. The molecule has 0 aliphatic heterocycles. The van der Waals surface area contributed by atoms with Gasteiger partial charge in [0.2, 0.25) is 0 Å². The molecule has 29 heavy (non-hydrogen) atoms. The van der Waals surface area contributed by atoms with Crippen molar-refractivity contribution in [3.05, 3.63) is 52.8 Å². The first-order valence-corrected chi connectivity index (χ1v) is 11.5. The van der Waals surface area contributed by atoms with Gasteiger partial charge in [-0.15, -0.1) is 5.10 Å². The van der Waals surface area contributed by atoms with E-state index < -0.39 is 7.60 Å². The van der Waals surface area contributed by atoms with Gasteiger partial charge >= 0.3 is 7.60 Å². The van der Waals surface area contributed by atoms with Crippen molar-refractivity contribution >= 4 is 18.5 Å².